The smallest absolute Gasteiger partial charge is 0.214 e. The molecular formula is C18H37N5O3S. The lowest BCUT2D eigenvalue weighted by atomic mass is 10.0. The van der Waals surface area contributed by atoms with E-state index in [9.17, 15) is 8.42 Å². The number of aliphatic imine (C=N–C) groups is 1. The monoisotopic (exact) mass is 403 g/mol. The molecule has 2 N–H and O–H groups in total. The second-order valence-corrected chi connectivity index (χ2v) is 9.74. The molecule has 0 bridgehead atoms. The molecule has 27 heavy (non-hydrogen) atoms. The maximum Gasteiger partial charge on any atom is 0.214 e. The number of ether oxygens (including phenoxy) is 1. The first-order chi connectivity index (χ1) is 12.9. The fourth-order valence-electron chi connectivity index (χ4n) is 3.61. The summed E-state index contributed by atoms with van der Waals surface area (Å²) in [6, 6.07) is 0.406. The minimum atomic E-state index is -3.04. The summed E-state index contributed by atoms with van der Waals surface area (Å²) >= 11 is 0. The van der Waals surface area contributed by atoms with Crippen LogP contribution in [0.15, 0.2) is 4.99 Å². The van der Waals surface area contributed by atoms with Crippen molar-refractivity contribution in [3.8, 4) is 0 Å². The van der Waals surface area contributed by atoms with Crippen LogP contribution < -0.4 is 10.6 Å². The Morgan fingerprint density at radius 3 is 2.52 bits per heavy atom. The first-order valence-corrected chi connectivity index (χ1v) is 11.8. The predicted octanol–water partition coefficient (Wildman–Crippen LogP) is 0.324. The number of hydrogen-bond acceptors (Lipinski definition) is 5. The SMILES string of the molecule is CCNC(=NCC(CC(C)C)N1CCOCC1)NCCN1CCCS1(=O)=O. The van der Waals surface area contributed by atoms with Gasteiger partial charge in [-0.05, 0) is 25.7 Å². The molecule has 0 aromatic carbocycles. The van der Waals surface area contributed by atoms with Gasteiger partial charge in [0, 0.05) is 45.3 Å². The van der Waals surface area contributed by atoms with Crippen molar-refractivity contribution in [3.63, 3.8) is 0 Å². The summed E-state index contributed by atoms with van der Waals surface area (Å²) in [6.07, 6.45) is 1.84. The van der Waals surface area contributed by atoms with Gasteiger partial charge in [-0.3, -0.25) is 9.89 Å². The lowest BCUT2D eigenvalue weighted by molar-refractivity contribution is 0.0143. The van der Waals surface area contributed by atoms with Crippen molar-refractivity contribution in [2.45, 2.75) is 39.7 Å². The molecule has 2 rings (SSSR count). The fourth-order valence-corrected chi connectivity index (χ4v) is 5.13. The van der Waals surface area contributed by atoms with E-state index in [0.29, 0.717) is 31.6 Å². The Bertz CT molecular complexity index is 561. The number of sulfonamides is 1. The van der Waals surface area contributed by atoms with Gasteiger partial charge in [-0.25, -0.2) is 12.7 Å². The summed E-state index contributed by atoms with van der Waals surface area (Å²) in [4.78, 5) is 7.27. The van der Waals surface area contributed by atoms with Gasteiger partial charge in [-0.1, -0.05) is 13.8 Å². The summed E-state index contributed by atoms with van der Waals surface area (Å²) in [5.41, 5.74) is 0. The zero-order valence-corrected chi connectivity index (χ0v) is 17.9. The van der Waals surface area contributed by atoms with Crippen LogP contribution in [-0.4, -0.2) is 94.4 Å². The lowest BCUT2D eigenvalue weighted by Gasteiger charge is -2.34. The average Bonchev–Trinajstić information content (AvgIpc) is 2.97. The molecule has 2 aliphatic heterocycles. The molecular weight excluding hydrogens is 366 g/mol. The number of hydrogen-bond donors (Lipinski definition) is 2. The topological polar surface area (TPSA) is 86.3 Å². The number of nitrogens with one attached hydrogen (secondary N) is 2. The Balaban J connectivity index is 1.88. The van der Waals surface area contributed by atoms with Crippen LogP contribution in [0.2, 0.25) is 0 Å². The van der Waals surface area contributed by atoms with Crippen LogP contribution in [0.25, 0.3) is 0 Å². The minimum absolute atomic E-state index is 0.275. The fraction of sp³-hybridized carbons (Fsp3) is 0.944. The van der Waals surface area contributed by atoms with Crippen molar-refractivity contribution < 1.29 is 13.2 Å². The highest BCUT2D eigenvalue weighted by molar-refractivity contribution is 7.89. The number of rotatable bonds is 9. The van der Waals surface area contributed by atoms with Gasteiger partial charge in [0.2, 0.25) is 10.0 Å². The summed E-state index contributed by atoms with van der Waals surface area (Å²) < 4.78 is 30.8. The van der Waals surface area contributed by atoms with E-state index in [-0.39, 0.29) is 5.75 Å². The quantitative estimate of drug-likeness (QED) is 0.426. The zero-order chi connectivity index (χ0) is 19.7. The molecule has 1 atom stereocenters. The highest BCUT2D eigenvalue weighted by Gasteiger charge is 2.27. The van der Waals surface area contributed by atoms with E-state index in [0.717, 1.165) is 58.2 Å². The maximum absolute atomic E-state index is 11.9. The van der Waals surface area contributed by atoms with E-state index in [2.05, 4.69) is 29.4 Å². The normalized spacial score (nSPS) is 22.9. The van der Waals surface area contributed by atoms with Crippen molar-refractivity contribution >= 4 is 16.0 Å². The third-order valence-electron chi connectivity index (χ3n) is 4.97. The molecule has 158 valence electrons. The highest BCUT2D eigenvalue weighted by atomic mass is 32.2. The Hall–Kier alpha value is -0.900. The number of nitrogens with zero attached hydrogens (tertiary/aromatic N) is 3. The number of morpholine rings is 1. The van der Waals surface area contributed by atoms with Gasteiger partial charge in [-0.2, -0.15) is 0 Å². The van der Waals surface area contributed by atoms with E-state index in [1.54, 1.807) is 4.31 Å². The van der Waals surface area contributed by atoms with Crippen LogP contribution in [0.4, 0.5) is 0 Å². The maximum atomic E-state index is 11.9. The van der Waals surface area contributed by atoms with Crippen molar-refractivity contribution in [2.75, 3.05) is 64.8 Å². The average molecular weight is 404 g/mol. The zero-order valence-electron chi connectivity index (χ0n) is 17.1. The molecule has 0 aromatic heterocycles. The minimum Gasteiger partial charge on any atom is -0.379 e. The van der Waals surface area contributed by atoms with Gasteiger partial charge in [0.05, 0.1) is 25.5 Å². The van der Waals surface area contributed by atoms with E-state index in [1.165, 1.54) is 0 Å². The molecule has 0 spiro atoms. The van der Waals surface area contributed by atoms with Crippen LogP contribution in [0, 0.1) is 5.92 Å². The van der Waals surface area contributed by atoms with Crippen molar-refractivity contribution in [1.82, 2.24) is 19.8 Å². The molecule has 2 heterocycles. The molecule has 2 fully saturated rings. The third kappa shape index (κ3) is 7.56. The Morgan fingerprint density at radius 2 is 1.93 bits per heavy atom. The third-order valence-corrected chi connectivity index (χ3v) is 6.92. The Kier molecular flexibility index (Phi) is 9.28. The molecule has 8 nitrogen and oxygen atoms in total. The molecule has 0 aliphatic carbocycles. The van der Waals surface area contributed by atoms with Gasteiger partial charge in [0.25, 0.3) is 0 Å². The second kappa shape index (κ2) is 11.2. The van der Waals surface area contributed by atoms with E-state index in [1.807, 2.05) is 6.92 Å². The molecule has 0 saturated carbocycles. The molecule has 1 unspecified atom stereocenters. The standard InChI is InChI=1S/C18H37N5O3S/c1-4-19-18(20-6-8-23-7-5-13-27(23,24)25)21-15-17(14-16(2)3)22-9-11-26-12-10-22/h16-17H,4-15H2,1-3H3,(H2,19,20,21). The van der Waals surface area contributed by atoms with Gasteiger partial charge < -0.3 is 15.4 Å². The largest absolute Gasteiger partial charge is 0.379 e. The molecule has 9 heteroatoms. The first-order valence-electron chi connectivity index (χ1n) is 10.2. The van der Waals surface area contributed by atoms with Gasteiger partial charge in [-0.15, -0.1) is 0 Å². The molecule has 0 amide bonds. The van der Waals surface area contributed by atoms with Crippen molar-refractivity contribution in [3.05, 3.63) is 0 Å². The van der Waals surface area contributed by atoms with Crippen LogP contribution in [0.3, 0.4) is 0 Å². The van der Waals surface area contributed by atoms with E-state index < -0.39 is 10.0 Å². The van der Waals surface area contributed by atoms with Gasteiger partial charge in [0.1, 0.15) is 0 Å². The molecule has 0 radical (unpaired) electrons. The van der Waals surface area contributed by atoms with Gasteiger partial charge in [0.15, 0.2) is 5.96 Å². The van der Waals surface area contributed by atoms with Crippen LogP contribution >= 0.6 is 0 Å². The number of guanidine groups is 1. The predicted molar refractivity (Wildman–Crippen MR) is 110 cm³/mol. The first kappa shape index (κ1) is 22.4. The highest BCUT2D eigenvalue weighted by Crippen LogP contribution is 2.14. The Morgan fingerprint density at radius 1 is 1.19 bits per heavy atom. The summed E-state index contributed by atoms with van der Waals surface area (Å²) in [5, 5.41) is 6.55. The molecule has 2 saturated heterocycles. The summed E-state index contributed by atoms with van der Waals surface area (Å²) in [5.74, 6) is 1.65. The molecule has 0 aromatic rings. The van der Waals surface area contributed by atoms with Gasteiger partial charge >= 0.3 is 0 Å². The Labute approximate surface area is 164 Å². The van der Waals surface area contributed by atoms with Crippen LogP contribution in [-0.2, 0) is 14.8 Å². The lowest BCUT2D eigenvalue weighted by Crippen LogP contribution is -2.47. The van der Waals surface area contributed by atoms with Crippen molar-refractivity contribution in [1.29, 1.82) is 0 Å². The second-order valence-electron chi connectivity index (χ2n) is 7.65. The van der Waals surface area contributed by atoms with E-state index >= 15 is 0 Å². The summed E-state index contributed by atoms with van der Waals surface area (Å²) in [7, 11) is -3.04. The summed E-state index contributed by atoms with van der Waals surface area (Å²) in [6.45, 7) is 13.2. The van der Waals surface area contributed by atoms with E-state index in [4.69, 9.17) is 9.73 Å². The molecule has 2 aliphatic rings. The van der Waals surface area contributed by atoms with Crippen LogP contribution in [0.5, 0.6) is 0 Å². The van der Waals surface area contributed by atoms with Crippen molar-refractivity contribution in [2.24, 2.45) is 10.9 Å². The van der Waals surface area contributed by atoms with Crippen LogP contribution in [0.1, 0.15) is 33.6 Å².